The Balaban J connectivity index is 1.81. The van der Waals surface area contributed by atoms with Crippen molar-refractivity contribution >= 4 is 17.3 Å². The Hall–Kier alpha value is -1.81. The summed E-state index contributed by atoms with van der Waals surface area (Å²) in [4.78, 5) is 0. The first-order valence-electron chi connectivity index (χ1n) is 5.73. The van der Waals surface area contributed by atoms with Crippen LogP contribution in [-0.2, 0) is 0 Å². The number of rotatable bonds is 5. The zero-order valence-electron chi connectivity index (χ0n) is 10.00. The van der Waals surface area contributed by atoms with E-state index < -0.39 is 11.6 Å². The summed E-state index contributed by atoms with van der Waals surface area (Å²) in [6, 6.07) is 11.0. The van der Waals surface area contributed by atoms with Crippen LogP contribution in [0.1, 0.15) is 0 Å². The number of anilines is 1. The Morgan fingerprint density at radius 2 is 1.79 bits per heavy atom. The van der Waals surface area contributed by atoms with E-state index in [1.807, 2.05) is 12.1 Å². The van der Waals surface area contributed by atoms with Crippen LogP contribution in [-0.4, -0.2) is 13.2 Å². The molecule has 0 heterocycles. The van der Waals surface area contributed by atoms with Crippen molar-refractivity contribution in [3.63, 3.8) is 0 Å². The van der Waals surface area contributed by atoms with Crippen molar-refractivity contribution < 1.29 is 13.5 Å². The normalized spacial score (nSPS) is 10.3. The minimum atomic E-state index is -0.964. The predicted molar refractivity (Wildman–Crippen MR) is 71.8 cm³/mol. The van der Waals surface area contributed by atoms with E-state index in [-0.39, 0.29) is 12.4 Å². The van der Waals surface area contributed by atoms with Gasteiger partial charge in [-0.2, -0.15) is 4.39 Å². The van der Waals surface area contributed by atoms with Crippen LogP contribution in [0.3, 0.4) is 0 Å². The van der Waals surface area contributed by atoms with Gasteiger partial charge in [-0.15, -0.1) is 0 Å². The Morgan fingerprint density at radius 3 is 2.53 bits per heavy atom. The molecule has 0 saturated heterocycles. The molecule has 0 radical (unpaired) electrons. The maximum absolute atomic E-state index is 13.3. The standard InChI is InChI=1S/C14H12ClF2NO/c15-10-4-6-11(7-5-10)18-8-9-19-13-3-1-2-12(16)14(13)17/h1-7,18H,8-9H2. The van der Waals surface area contributed by atoms with Gasteiger partial charge in [0.1, 0.15) is 6.61 Å². The molecule has 0 spiro atoms. The Labute approximate surface area is 115 Å². The van der Waals surface area contributed by atoms with Gasteiger partial charge >= 0.3 is 0 Å². The molecule has 5 heteroatoms. The third-order valence-corrected chi connectivity index (χ3v) is 2.70. The van der Waals surface area contributed by atoms with Gasteiger partial charge in [-0.1, -0.05) is 17.7 Å². The summed E-state index contributed by atoms with van der Waals surface area (Å²) in [6.07, 6.45) is 0. The maximum atomic E-state index is 13.3. The molecular weight excluding hydrogens is 272 g/mol. The summed E-state index contributed by atoms with van der Waals surface area (Å²) in [5.74, 6) is -1.96. The molecule has 0 aromatic heterocycles. The molecule has 100 valence electrons. The van der Waals surface area contributed by atoms with Crippen molar-refractivity contribution in [2.75, 3.05) is 18.5 Å². The molecule has 19 heavy (non-hydrogen) atoms. The van der Waals surface area contributed by atoms with Crippen molar-refractivity contribution in [3.05, 3.63) is 59.1 Å². The summed E-state index contributed by atoms with van der Waals surface area (Å²) < 4.78 is 31.3. The average molecular weight is 284 g/mol. The topological polar surface area (TPSA) is 21.3 Å². The fourth-order valence-electron chi connectivity index (χ4n) is 1.52. The summed E-state index contributed by atoms with van der Waals surface area (Å²) in [5, 5.41) is 3.73. The van der Waals surface area contributed by atoms with Crippen LogP contribution in [0.25, 0.3) is 0 Å². The van der Waals surface area contributed by atoms with Gasteiger partial charge in [0.2, 0.25) is 5.82 Å². The van der Waals surface area contributed by atoms with Gasteiger partial charge in [-0.25, -0.2) is 4.39 Å². The van der Waals surface area contributed by atoms with E-state index >= 15 is 0 Å². The van der Waals surface area contributed by atoms with E-state index in [2.05, 4.69) is 5.32 Å². The highest BCUT2D eigenvalue weighted by Crippen LogP contribution is 2.19. The SMILES string of the molecule is Fc1cccc(OCCNc2ccc(Cl)cc2)c1F. The van der Waals surface area contributed by atoms with E-state index in [0.717, 1.165) is 11.8 Å². The summed E-state index contributed by atoms with van der Waals surface area (Å²) in [5.41, 5.74) is 0.882. The fraction of sp³-hybridized carbons (Fsp3) is 0.143. The molecule has 0 amide bonds. The summed E-state index contributed by atoms with van der Waals surface area (Å²) in [7, 11) is 0. The second kappa shape index (κ2) is 6.38. The van der Waals surface area contributed by atoms with E-state index in [1.165, 1.54) is 12.1 Å². The zero-order valence-corrected chi connectivity index (χ0v) is 10.8. The van der Waals surface area contributed by atoms with Gasteiger partial charge in [-0.05, 0) is 36.4 Å². The van der Waals surface area contributed by atoms with Crippen molar-refractivity contribution in [2.24, 2.45) is 0 Å². The van der Waals surface area contributed by atoms with Crippen molar-refractivity contribution in [1.29, 1.82) is 0 Å². The number of halogens is 3. The third-order valence-electron chi connectivity index (χ3n) is 2.45. The van der Waals surface area contributed by atoms with Gasteiger partial charge in [0, 0.05) is 17.3 Å². The lowest BCUT2D eigenvalue weighted by Crippen LogP contribution is -2.12. The first-order valence-corrected chi connectivity index (χ1v) is 6.11. The van der Waals surface area contributed by atoms with Gasteiger partial charge < -0.3 is 10.1 Å². The molecule has 0 bridgehead atoms. The van der Waals surface area contributed by atoms with Crippen LogP contribution in [0.15, 0.2) is 42.5 Å². The Morgan fingerprint density at radius 1 is 1.05 bits per heavy atom. The van der Waals surface area contributed by atoms with Crippen LogP contribution < -0.4 is 10.1 Å². The number of nitrogens with one attached hydrogen (secondary N) is 1. The highest BCUT2D eigenvalue weighted by Gasteiger charge is 2.07. The lowest BCUT2D eigenvalue weighted by Gasteiger charge is -2.09. The fourth-order valence-corrected chi connectivity index (χ4v) is 1.65. The van der Waals surface area contributed by atoms with E-state index in [0.29, 0.717) is 11.6 Å². The molecule has 0 aliphatic carbocycles. The quantitative estimate of drug-likeness (QED) is 0.834. The summed E-state index contributed by atoms with van der Waals surface area (Å²) >= 11 is 5.76. The minimum Gasteiger partial charge on any atom is -0.489 e. The van der Waals surface area contributed by atoms with Crippen LogP contribution in [0.5, 0.6) is 5.75 Å². The highest BCUT2D eigenvalue weighted by atomic mass is 35.5. The second-order valence-corrected chi connectivity index (χ2v) is 4.27. The summed E-state index contributed by atoms with van der Waals surface area (Å²) in [6.45, 7) is 0.695. The van der Waals surface area contributed by atoms with E-state index in [1.54, 1.807) is 12.1 Å². The zero-order chi connectivity index (χ0) is 13.7. The molecular formula is C14H12ClF2NO. The molecule has 0 aliphatic rings. The monoisotopic (exact) mass is 283 g/mol. The average Bonchev–Trinajstić information content (AvgIpc) is 2.41. The Bertz CT molecular complexity index is 546. The van der Waals surface area contributed by atoms with E-state index in [9.17, 15) is 8.78 Å². The molecule has 1 N–H and O–H groups in total. The molecule has 0 fully saturated rings. The van der Waals surface area contributed by atoms with Gasteiger partial charge in [-0.3, -0.25) is 0 Å². The lowest BCUT2D eigenvalue weighted by molar-refractivity contribution is 0.308. The van der Waals surface area contributed by atoms with Crippen LogP contribution >= 0.6 is 11.6 Å². The molecule has 2 nitrogen and oxygen atoms in total. The number of ether oxygens (including phenoxy) is 1. The molecule has 0 unspecified atom stereocenters. The predicted octanol–water partition coefficient (Wildman–Crippen LogP) is 4.11. The van der Waals surface area contributed by atoms with Crippen molar-refractivity contribution in [1.82, 2.24) is 0 Å². The molecule has 2 aromatic carbocycles. The minimum absolute atomic E-state index is 0.0853. The van der Waals surface area contributed by atoms with Crippen molar-refractivity contribution in [2.45, 2.75) is 0 Å². The van der Waals surface area contributed by atoms with Gasteiger partial charge in [0.15, 0.2) is 11.6 Å². The number of hydrogen-bond acceptors (Lipinski definition) is 2. The van der Waals surface area contributed by atoms with Crippen LogP contribution in [0.4, 0.5) is 14.5 Å². The van der Waals surface area contributed by atoms with Crippen LogP contribution in [0, 0.1) is 11.6 Å². The lowest BCUT2D eigenvalue weighted by atomic mass is 10.3. The number of benzene rings is 2. The molecule has 0 atom stereocenters. The third kappa shape index (κ3) is 3.83. The van der Waals surface area contributed by atoms with Crippen molar-refractivity contribution in [3.8, 4) is 5.75 Å². The van der Waals surface area contributed by atoms with E-state index in [4.69, 9.17) is 16.3 Å². The highest BCUT2D eigenvalue weighted by molar-refractivity contribution is 6.30. The van der Waals surface area contributed by atoms with Crippen LogP contribution in [0.2, 0.25) is 5.02 Å². The molecule has 0 saturated carbocycles. The molecule has 0 aliphatic heterocycles. The largest absolute Gasteiger partial charge is 0.489 e. The first kappa shape index (κ1) is 13.6. The smallest absolute Gasteiger partial charge is 0.200 e. The molecule has 2 aromatic rings. The van der Waals surface area contributed by atoms with Gasteiger partial charge in [0.05, 0.1) is 0 Å². The first-order chi connectivity index (χ1) is 9.16. The Kier molecular flexibility index (Phi) is 4.58. The second-order valence-electron chi connectivity index (χ2n) is 3.83. The maximum Gasteiger partial charge on any atom is 0.200 e. The van der Waals surface area contributed by atoms with Gasteiger partial charge in [0.25, 0.3) is 0 Å². The molecule has 2 rings (SSSR count). The number of hydrogen-bond donors (Lipinski definition) is 1.